The Kier molecular flexibility index (Phi) is 6.00. The van der Waals surface area contributed by atoms with E-state index in [1.165, 1.54) is 6.92 Å². The SMILES string of the molecule is CC(=O)Nc1cccc(C(=O)OCCOc2ccccc2Cl)c1. The second-order valence-corrected chi connectivity index (χ2v) is 5.08. The minimum Gasteiger partial charge on any atom is -0.488 e. The third kappa shape index (κ3) is 5.30. The zero-order chi connectivity index (χ0) is 16.7. The fourth-order valence-corrected chi connectivity index (χ4v) is 2.05. The van der Waals surface area contributed by atoms with Crippen LogP contribution in [-0.4, -0.2) is 25.1 Å². The van der Waals surface area contributed by atoms with E-state index in [1.54, 1.807) is 48.5 Å². The summed E-state index contributed by atoms with van der Waals surface area (Å²) in [5, 5.41) is 3.11. The summed E-state index contributed by atoms with van der Waals surface area (Å²) in [6, 6.07) is 13.6. The fourth-order valence-electron chi connectivity index (χ4n) is 1.86. The van der Waals surface area contributed by atoms with Crippen LogP contribution >= 0.6 is 11.6 Å². The van der Waals surface area contributed by atoms with Gasteiger partial charge in [-0.2, -0.15) is 0 Å². The molecule has 5 nitrogen and oxygen atoms in total. The number of hydrogen-bond acceptors (Lipinski definition) is 4. The Morgan fingerprint density at radius 3 is 2.61 bits per heavy atom. The van der Waals surface area contributed by atoms with E-state index in [1.807, 2.05) is 0 Å². The second-order valence-electron chi connectivity index (χ2n) is 4.68. The lowest BCUT2D eigenvalue weighted by Gasteiger charge is -2.09. The number of carbonyl (C=O) groups is 2. The van der Waals surface area contributed by atoms with Gasteiger partial charge < -0.3 is 14.8 Å². The molecule has 1 amide bonds. The lowest BCUT2D eigenvalue weighted by molar-refractivity contribution is -0.114. The van der Waals surface area contributed by atoms with E-state index >= 15 is 0 Å². The molecule has 0 aliphatic carbocycles. The monoisotopic (exact) mass is 333 g/mol. The third-order valence-electron chi connectivity index (χ3n) is 2.83. The smallest absolute Gasteiger partial charge is 0.338 e. The van der Waals surface area contributed by atoms with Crippen LogP contribution in [0.5, 0.6) is 5.75 Å². The van der Waals surface area contributed by atoms with Crippen molar-refractivity contribution in [2.45, 2.75) is 6.92 Å². The average molecular weight is 334 g/mol. The van der Waals surface area contributed by atoms with Crippen LogP contribution in [0.1, 0.15) is 17.3 Å². The Labute approximate surface area is 139 Å². The molecule has 1 N–H and O–H groups in total. The van der Waals surface area contributed by atoms with Crippen LogP contribution in [0.4, 0.5) is 5.69 Å². The Morgan fingerprint density at radius 1 is 1.09 bits per heavy atom. The highest BCUT2D eigenvalue weighted by Crippen LogP contribution is 2.22. The Bertz CT molecular complexity index is 702. The van der Waals surface area contributed by atoms with Crippen LogP contribution in [0.15, 0.2) is 48.5 Å². The highest BCUT2D eigenvalue weighted by molar-refractivity contribution is 6.32. The van der Waals surface area contributed by atoms with E-state index in [-0.39, 0.29) is 19.1 Å². The van der Waals surface area contributed by atoms with E-state index in [9.17, 15) is 9.59 Å². The van der Waals surface area contributed by atoms with Gasteiger partial charge in [-0.3, -0.25) is 4.79 Å². The van der Waals surface area contributed by atoms with Gasteiger partial charge in [-0.25, -0.2) is 4.79 Å². The normalized spacial score (nSPS) is 10.0. The van der Waals surface area contributed by atoms with Crippen LogP contribution in [-0.2, 0) is 9.53 Å². The molecule has 0 saturated heterocycles. The first-order valence-electron chi connectivity index (χ1n) is 6.98. The number of rotatable bonds is 6. The van der Waals surface area contributed by atoms with Crippen LogP contribution in [0.3, 0.4) is 0 Å². The number of amides is 1. The molecule has 6 heteroatoms. The quantitative estimate of drug-likeness (QED) is 0.648. The Morgan fingerprint density at radius 2 is 1.87 bits per heavy atom. The number of halogens is 1. The number of benzene rings is 2. The maximum Gasteiger partial charge on any atom is 0.338 e. The molecule has 0 aliphatic heterocycles. The van der Waals surface area contributed by atoms with E-state index in [2.05, 4.69) is 5.32 Å². The molecule has 2 rings (SSSR count). The topological polar surface area (TPSA) is 64.6 Å². The van der Waals surface area contributed by atoms with Crippen molar-refractivity contribution in [1.29, 1.82) is 0 Å². The molecule has 0 spiro atoms. The zero-order valence-corrected chi connectivity index (χ0v) is 13.3. The molecule has 0 unspecified atom stereocenters. The largest absolute Gasteiger partial charge is 0.488 e. The van der Waals surface area contributed by atoms with Gasteiger partial charge in [-0.15, -0.1) is 0 Å². The molecule has 23 heavy (non-hydrogen) atoms. The third-order valence-corrected chi connectivity index (χ3v) is 3.14. The van der Waals surface area contributed by atoms with E-state index in [0.29, 0.717) is 22.0 Å². The first-order chi connectivity index (χ1) is 11.1. The van der Waals surface area contributed by atoms with Crippen molar-refractivity contribution >= 4 is 29.2 Å². The van der Waals surface area contributed by atoms with Crippen molar-refractivity contribution in [3.63, 3.8) is 0 Å². The molecule has 0 bridgehead atoms. The summed E-state index contributed by atoms with van der Waals surface area (Å²) in [4.78, 5) is 23.0. The maximum absolute atomic E-state index is 11.9. The highest BCUT2D eigenvalue weighted by atomic mass is 35.5. The van der Waals surface area contributed by atoms with Gasteiger partial charge in [0, 0.05) is 12.6 Å². The standard InChI is InChI=1S/C17H16ClNO4/c1-12(20)19-14-6-4-5-13(11-14)17(21)23-10-9-22-16-8-3-2-7-15(16)18/h2-8,11H,9-10H2,1H3,(H,19,20). The molecule has 0 atom stereocenters. The summed E-state index contributed by atoms with van der Waals surface area (Å²) in [7, 11) is 0. The van der Waals surface area contributed by atoms with Crippen molar-refractivity contribution in [3.8, 4) is 5.75 Å². The van der Waals surface area contributed by atoms with Crippen LogP contribution in [0.25, 0.3) is 0 Å². The molecule has 0 aliphatic rings. The van der Waals surface area contributed by atoms with Gasteiger partial charge in [0.25, 0.3) is 0 Å². The van der Waals surface area contributed by atoms with Gasteiger partial charge in [0.15, 0.2) is 0 Å². The summed E-state index contributed by atoms with van der Waals surface area (Å²) in [5.74, 6) is -0.151. The van der Waals surface area contributed by atoms with Crippen molar-refractivity contribution < 1.29 is 19.1 Å². The summed E-state index contributed by atoms with van der Waals surface area (Å²) >= 11 is 5.95. The van der Waals surface area contributed by atoms with Gasteiger partial charge >= 0.3 is 5.97 Å². The summed E-state index contributed by atoms with van der Waals surface area (Å²) < 4.78 is 10.6. The lowest BCUT2D eigenvalue weighted by atomic mass is 10.2. The fraction of sp³-hybridized carbons (Fsp3) is 0.176. The van der Waals surface area contributed by atoms with Gasteiger partial charge in [-0.1, -0.05) is 29.8 Å². The van der Waals surface area contributed by atoms with Gasteiger partial charge in [0.2, 0.25) is 5.91 Å². The molecular weight excluding hydrogens is 318 g/mol. The molecule has 0 saturated carbocycles. The van der Waals surface area contributed by atoms with E-state index in [4.69, 9.17) is 21.1 Å². The predicted molar refractivity (Wildman–Crippen MR) is 88.0 cm³/mol. The molecular formula is C17H16ClNO4. The minimum absolute atomic E-state index is 0.0917. The average Bonchev–Trinajstić information content (AvgIpc) is 2.52. The highest BCUT2D eigenvalue weighted by Gasteiger charge is 2.08. The number of nitrogens with one attached hydrogen (secondary N) is 1. The van der Waals surface area contributed by atoms with Crippen LogP contribution in [0.2, 0.25) is 5.02 Å². The number of anilines is 1. The van der Waals surface area contributed by atoms with Crippen LogP contribution in [0, 0.1) is 0 Å². The maximum atomic E-state index is 11.9. The van der Waals surface area contributed by atoms with Crippen molar-refractivity contribution in [3.05, 3.63) is 59.1 Å². The molecule has 0 radical (unpaired) electrons. The number of carbonyl (C=O) groups excluding carboxylic acids is 2. The van der Waals surface area contributed by atoms with E-state index in [0.717, 1.165) is 0 Å². The summed E-state index contributed by atoms with van der Waals surface area (Å²) in [5.41, 5.74) is 0.897. The number of esters is 1. The Hall–Kier alpha value is -2.53. The zero-order valence-electron chi connectivity index (χ0n) is 12.5. The lowest BCUT2D eigenvalue weighted by Crippen LogP contribution is -2.13. The first-order valence-corrected chi connectivity index (χ1v) is 7.36. The summed E-state index contributed by atoms with van der Waals surface area (Å²) in [6.45, 7) is 1.69. The van der Waals surface area contributed by atoms with Crippen molar-refractivity contribution in [2.75, 3.05) is 18.5 Å². The minimum atomic E-state index is -0.486. The Balaban J connectivity index is 1.83. The summed E-state index contributed by atoms with van der Waals surface area (Å²) in [6.07, 6.45) is 0. The van der Waals surface area contributed by atoms with Gasteiger partial charge in [0.05, 0.1) is 10.6 Å². The number of hydrogen-bond donors (Lipinski definition) is 1. The van der Waals surface area contributed by atoms with Crippen LogP contribution < -0.4 is 10.1 Å². The first kappa shape index (κ1) is 16.8. The number of ether oxygens (including phenoxy) is 2. The second kappa shape index (κ2) is 8.19. The molecule has 2 aromatic carbocycles. The molecule has 0 fully saturated rings. The molecule has 2 aromatic rings. The predicted octanol–water partition coefficient (Wildman–Crippen LogP) is 3.53. The van der Waals surface area contributed by atoms with Crippen molar-refractivity contribution in [1.82, 2.24) is 0 Å². The van der Waals surface area contributed by atoms with Gasteiger partial charge in [0.1, 0.15) is 19.0 Å². The van der Waals surface area contributed by atoms with E-state index < -0.39 is 5.97 Å². The number of para-hydroxylation sites is 1. The molecule has 0 aromatic heterocycles. The molecule has 0 heterocycles. The molecule has 120 valence electrons. The van der Waals surface area contributed by atoms with Crippen molar-refractivity contribution in [2.24, 2.45) is 0 Å². The van der Waals surface area contributed by atoms with Gasteiger partial charge in [-0.05, 0) is 30.3 Å².